The lowest BCUT2D eigenvalue weighted by Crippen LogP contribution is -2.51. The van der Waals surface area contributed by atoms with Gasteiger partial charge in [0.25, 0.3) is 0 Å². The van der Waals surface area contributed by atoms with E-state index in [1.165, 1.54) is 0 Å². The van der Waals surface area contributed by atoms with Crippen LogP contribution in [0.25, 0.3) is 0 Å². The van der Waals surface area contributed by atoms with Gasteiger partial charge in [0.05, 0.1) is 5.41 Å². The van der Waals surface area contributed by atoms with Crippen LogP contribution in [0.2, 0.25) is 0 Å². The van der Waals surface area contributed by atoms with Gasteiger partial charge in [-0.2, -0.15) is 13.2 Å². The van der Waals surface area contributed by atoms with Crippen LogP contribution in [-0.4, -0.2) is 48.3 Å². The Morgan fingerprint density at radius 2 is 1.94 bits per heavy atom. The van der Waals surface area contributed by atoms with Gasteiger partial charge in [0.1, 0.15) is 6.54 Å². The van der Waals surface area contributed by atoms with E-state index in [0.29, 0.717) is 17.7 Å². The first-order chi connectivity index (χ1) is 8.16. The Hall–Kier alpha value is -1.47. The van der Waals surface area contributed by atoms with E-state index in [1.54, 1.807) is 0 Å². The van der Waals surface area contributed by atoms with E-state index in [2.05, 4.69) is 5.32 Å². The zero-order chi connectivity index (χ0) is 14.0. The van der Waals surface area contributed by atoms with E-state index in [1.807, 2.05) is 0 Å². The molecule has 1 rings (SSSR count). The van der Waals surface area contributed by atoms with E-state index in [0.717, 1.165) is 13.5 Å². The first-order valence-corrected chi connectivity index (χ1v) is 5.45. The largest absolute Gasteiger partial charge is 0.481 e. The van der Waals surface area contributed by atoms with Crippen LogP contribution in [0.15, 0.2) is 0 Å². The Kier molecular flexibility index (Phi) is 4.08. The van der Waals surface area contributed by atoms with Gasteiger partial charge in [-0.05, 0) is 12.8 Å². The molecule has 0 radical (unpaired) electrons. The highest BCUT2D eigenvalue weighted by molar-refractivity contribution is 5.78. The van der Waals surface area contributed by atoms with E-state index in [4.69, 9.17) is 5.11 Å². The summed E-state index contributed by atoms with van der Waals surface area (Å²) in [5, 5.41) is 11.2. The van der Waals surface area contributed by atoms with Crippen molar-refractivity contribution in [3.05, 3.63) is 0 Å². The number of alkyl halides is 3. The quantitative estimate of drug-likeness (QED) is 0.810. The van der Waals surface area contributed by atoms with Crippen molar-refractivity contribution in [1.29, 1.82) is 0 Å². The molecule has 0 unspecified atom stereocenters. The van der Waals surface area contributed by atoms with Gasteiger partial charge in [-0.3, -0.25) is 4.79 Å². The van der Waals surface area contributed by atoms with Gasteiger partial charge in [-0.1, -0.05) is 6.42 Å². The minimum atomic E-state index is -4.47. The molecule has 0 saturated heterocycles. The number of nitrogens with one attached hydrogen (secondary N) is 1. The number of carboxylic acid groups (broad SMARTS) is 1. The molecule has 0 bridgehead atoms. The fourth-order valence-electron chi connectivity index (χ4n) is 1.79. The summed E-state index contributed by atoms with van der Waals surface area (Å²) in [6.07, 6.45) is -2.84. The Morgan fingerprint density at radius 3 is 2.28 bits per heavy atom. The molecule has 1 aliphatic carbocycles. The molecule has 1 aliphatic rings. The van der Waals surface area contributed by atoms with E-state index in [-0.39, 0.29) is 6.54 Å². The normalized spacial score (nSPS) is 17.8. The van der Waals surface area contributed by atoms with Crippen molar-refractivity contribution in [3.8, 4) is 0 Å². The Morgan fingerprint density at radius 1 is 1.39 bits per heavy atom. The van der Waals surface area contributed by atoms with E-state index in [9.17, 15) is 22.8 Å². The van der Waals surface area contributed by atoms with Crippen molar-refractivity contribution in [2.24, 2.45) is 5.41 Å². The molecule has 0 aromatic rings. The maximum Gasteiger partial charge on any atom is 0.406 e. The predicted octanol–water partition coefficient (Wildman–Crippen LogP) is 1.45. The zero-order valence-corrected chi connectivity index (χ0v) is 9.88. The molecule has 8 heteroatoms. The van der Waals surface area contributed by atoms with Crippen LogP contribution in [-0.2, 0) is 4.79 Å². The van der Waals surface area contributed by atoms with Crippen LogP contribution >= 0.6 is 0 Å². The molecule has 0 spiro atoms. The molecule has 0 atom stereocenters. The second-order valence-electron chi connectivity index (χ2n) is 4.57. The number of carbonyl (C=O) groups excluding carboxylic acids is 1. The zero-order valence-electron chi connectivity index (χ0n) is 9.88. The number of halogens is 3. The van der Waals surface area contributed by atoms with Crippen LogP contribution in [0.5, 0.6) is 0 Å². The molecular formula is C10H15F3N2O3. The van der Waals surface area contributed by atoms with Gasteiger partial charge >= 0.3 is 18.2 Å². The number of carboxylic acids is 1. The third-order valence-corrected chi connectivity index (χ3v) is 3.11. The number of carbonyl (C=O) groups is 2. The summed E-state index contributed by atoms with van der Waals surface area (Å²) in [6, 6.07) is -0.917. The SMILES string of the molecule is CN(CC(F)(F)F)C(=O)NCC1(C(=O)O)CCC1. The van der Waals surface area contributed by atoms with Crippen molar-refractivity contribution in [2.45, 2.75) is 25.4 Å². The van der Waals surface area contributed by atoms with Crippen molar-refractivity contribution < 1.29 is 27.9 Å². The number of rotatable bonds is 4. The summed E-state index contributed by atoms with van der Waals surface area (Å²) in [6.45, 7) is -1.50. The third kappa shape index (κ3) is 3.51. The van der Waals surface area contributed by atoms with Crippen LogP contribution < -0.4 is 5.32 Å². The van der Waals surface area contributed by atoms with Crippen molar-refractivity contribution in [2.75, 3.05) is 20.1 Å². The summed E-state index contributed by atoms with van der Waals surface area (Å²) >= 11 is 0. The van der Waals surface area contributed by atoms with Crippen LogP contribution in [0, 0.1) is 5.41 Å². The van der Waals surface area contributed by atoms with Crippen molar-refractivity contribution >= 4 is 12.0 Å². The van der Waals surface area contributed by atoms with Crippen molar-refractivity contribution in [3.63, 3.8) is 0 Å². The maximum atomic E-state index is 12.0. The fraction of sp³-hybridized carbons (Fsp3) is 0.800. The molecule has 0 heterocycles. The van der Waals surface area contributed by atoms with Crippen LogP contribution in [0.4, 0.5) is 18.0 Å². The average Bonchev–Trinajstić information content (AvgIpc) is 2.12. The second-order valence-corrected chi connectivity index (χ2v) is 4.57. The van der Waals surface area contributed by atoms with Gasteiger partial charge < -0.3 is 15.3 Å². The molecule has 1 saturated carbocycles. The van der Waals surface area contributed by atoms with E-state index < -0.39 is 30.1 Å². The summed E-state index contributed by atoms with van der Waals surface area (Å²) in [7, 11) is 1.01. The Bertz CT molecular complexity index is 340. The highest BCUT2D eigenvalue weighted by Crippen LogP contribution is 2.40. The average molecular weight is 268 g/mol. The molecule has 1 fully saturated rings. The number of hydrogen-bond donors (Lipinski definition) is 2. The maximum absolute atomic E-state index is 12.0. The number of amides is 2. The summed E-state index contributed by atoms with van der Waals surface area (Å²) in [5.74, 6) is -1.02. The molecule has 104 valence electrons. The lowest BCUT2D eigenvalue weighted by molar-refractivity contribution is -0.154. The first-order valence-electron chi connectivity index (χ1n) is 5.45. The van der Waals surface area contributed by atoms with Gasteiger partial charge in [-0.15, -0.1) is 0 Å². The smallest absolute Gasteiger partial charge is 0.406 e. The molecular weight excluding hydrogens is 253 g/mol. The van der Waals surface area contributed by atoms with Gasteiger partial charge in [0.2, 0.25) is 0 Å². The first kappa shape index (κ1) is 14.6. The standard InChI is InChI=1S/C10H15F3N2O3/c1-15(6-10(11,12)13)8(18)14-5-9(7(16)17)3-2-4-9/h2-6H2,1H3,(H,14,18)(H,16,17). The molecule has 0 aromatic carbocycles. The number of nitrogens with zero attached hydrogens (tertiary/aromatic N) is 1. The monoisotopic (exact) mass is 268 g/mol. The highest BCUT2D eigenvalue weighted by Gasteiger charge is 2.44. The summed E-state index contributed by atoms with van der Waals surface area (Å²) in [5.41, 5.74) is -1.01. The highest BCUT2D eigenvalue weighted by atomic mass is 19.4. The van der Waals surface area contributed by atoms with Crippen LogP contribution in [0.3, 0.4) is 0 Å². The van der Waals surface area contributed by atoms with Crippen molar-refractivity contribution in [1.82, 2.24) is 10.2 Å². The van der Waals surface area contributed by atoms with Gasteiger partial charge in [0.15, 0.2) is 0 Å². The minimum absolute atomic E-state index is 0.136. The van der Waals surface area contributed by atoms with Gasteiger partial charge in [-0.25, -0.2) is 4.79 Å². The minimum Gasteiger partial charge on any atom is -0.481 e. The lowest BCUT2D eigenvalue weighted by atomic mass is 9.69. The number of hydrogen-bond acceptors (Lipinski definition) is 2. The van der Waals surface area contributed by atoms with E-state index >= 15 is 0 Å². The third-order valence-electron chi connectivity index (χ3n) is 3.11. The second kappa shape index (κ2) is 5.03. The molecule has 0 aliphatic heterocycles. The predicted molar refractivity (Wildman–Crippen MR) is 56.0 cm³/mol. The topological polar surface area (TPSA) is 69.6 Å². The lowest BCUT2D eigenvalue weighted by Gasteiger charge is -2.37. The number of urea groups is 1. The molecule has 18 heavy (non-hydrogen) atoms. The van der Waals surface area contributed by atoms with Crippen LogP contribution in [0.1, 0.15) is 19.3 Å². The molecule has 2 amide bonds. The molecule has 0 aromatic heterocycles. The summed E-state index contributed by atoms with van der Waals surface area (Å²) in [4.78, 5) is 22.8. The Balaban J connectivity index is 2.43. The fourth-order valence-corrected chi connectivity index (χ4v) is 1.79. The van der Waals surface area contributed by atoms with Gasteiger partial charge in [0, 0.05) is 13.6 Å². The Labute approximate surface area is 102 Å². The summed E-state index contributed by atoms with van der Waals surface area (Å²) < 4.78 is 36.1. The molecule has 2 N–H and O–H groups in total. The molecule has 5 nitrogen and oxygen atoms in total. The number of aliphatic carboxylic acids is 1.